The summed E-state index contributed by atoms with van der Waals surface area (Å²) in [5.74, 6) is -0.288. The van der Waals surface area contributed by atoms with Crippen LogP contribution in [0.15, 0.2) is 41.1 Å². The maximum Gasteiger partial charge on any atom is 0.335 e. The number of likely N-dealkylation sites (tertiary alicyclic amines) is 1. The van der Waals surface area contributed by atoms with E-state index in [1.54, 1.807) is 29.5 Å². The molecule has 0 radical (unpaired) electrons. The Bertz CT molecular complexity index is 641. The zero-order valence-electron chi connectivity index (χ0n) is 12.2. The first-order valence-corrected chi connectivity index (χ1v) is 8.29. The van der Waals surface area contributed by atoms with E-state index in [0.717, 1.165) is 25.2 Å². The van der Waals surface area contributed by atoms with Gasteiger partial charge in [0.25, 0.3) is 0 Å². The summed E-state index contributed by atoms with van der Waals surface area (Å²) >= 11 is 1.68. The van der Waals surface area contributed by atoms with Crippen molar-refractivity contribution in [1.82, 2.24) is 4.90 Å². The molecule has 0 unspecified atom stereocenters. The fraction of sp³-hybridized carbons (Fsp3) is 0.353. The number of benzene rings is 1. The number of thiophene rings is 1. The summed E-state index contributed by atoms with van der Waals surface area (Å²) < 4.78 is 0. The van der Waals surface area contributed by atoms with Crippen LogP contribution in [0.3, 0.4) is 0 Å². The van der Waals surface area contributed by atoms with Gasteiger partial charge in [0.1, 0.15) is 0 Å². The summed E-state index contributed by atoms with van der Waals surface area (Å²) in [7, 11) is 0. The minimum absolute atomic E-state index is 0.187. The summed E-state index contributed by atoms with van der Waals surface area (Å²) in [6.07, 6.45) is 0. The Morgan fingerprint density at radius 3 is 2.86 bits per heavy atom. The summed E-state index contributed by atoms with van der Waals surface area (Å²) in [6, 6.07) is 9.22. The molecule has 1 saturated heterocycles. The zero-order valence-corrected chi connectivity index (χ0v) is 13.0. The van der Waals surface area contributed by atoms with Crippen LogP contribution in [0.5, 0.6) is 0 Å². The molecule has 2 heterocycles. The summed E-state index contributed by atoms with van der Waals surface area (Å²) in [6.45, 7) is 2.65. The van der Waals surface area contributed by atoms with Crippen LogP contribution in [0, 0.1) is 5.92 Å². The van der Waals surface area contributed by atoms with Crippen LogP contribution < -0.4 is 0 Å². The Morgan fingerprint density at radius 1 is 1.32 bits per heavy atom. The fourth-order valence-electron chi connectivity index (χ4n) is 3.20. The molecule has 2 N–H and O–H groups in total. The Balaban J connectivity index is 1.71. The van der Waals surface area contributed by atoms with Crippen LogP contribution in [0.25, 0.3) is 0 Å². The highest BCUT2D eigenvalue weighted by molar-refractivity contribution is 7.08. The second-order valence-corrected chi connectivity index (χ2v) is 6.59. The Labute approximate surface area is 133 Å². The lowest BCUT2D eigenvalue weighted by atomic mass is 9.92. The molecule has 1 aliphatic heterocycles. The van der Waals surface area contributed by atoms with E-state index >= 15 is 0 Å². The van der Waals surface area contributed by atoms with Crippen molar-refractivity contribution < 1.29 is 15.0 Å². The normalized spacial score (nSPS) is 22.0. The molecule has 0 aliphatic carbocycles. The second-order valence-electron chi connectivity index (χ2n) is 5.81. The van der Waals surface area contributed by atoms with Gasteiger partial charge in [-0.2, -0.15) is 11.3 Å². The molecule has 1 fully saturated rings. The Hall–Kier alpha value is -1.69. The molecule has 0 bridgehead atoms. The van der Waals surface area contributed by atoms with E-state index in [1.807, 2.05) is 6.07 Å². The van der Waals surface area contributed by atoms with Gasteiger partial charge in [-0.1, -0.05) is 12.1 Å². The molecule has 22 heavy (non-hydrogen) atoms. The van der Waals surface area contributed by atoms with Crippen LogP contribution in [-0.2, 0) is 6.54 Å². The van der Waals surface area contributed by atoms with E-state index < -0.39 is 5.97 Å². The number of aliphatic hydroxyl groups excluding tert-OH is 1. The summed E-state index contributed by atoms with van der Waals surface area (Å²) in [5, 5.41) is 22.9. The number of carbonyl (C=O) groups is 1. The van der Waals surface area contributed by atoms with Gasteiger partial charge in [0.15, 0.2) is 0 Å². The Kier molecular flexibility index (Phi) is 4.57. The number of aromatic carboxylic acids is 1. The first kappa shape index (κ1) is 15.2. The molecule has 116 valence electrons. The molecule has 2 atom stereocenters. The predicted octanol–water partition coefficient (Wildman–Crippen LogP) is 2.65. The molecule has 1 aliphatic rings. The van der Waals surface area contributed by atoms with Crippen molar-refractivity contribution in [2.24, 2.45) is 5.92 Å². The van der Waals surface area contributed by atoms with Gasteiger partial charge in [-0.25, -0.2) is 4.79 Å². The molecule has 0 saturated carbocycles. The smallest absolute Gasteiger partial charge is 0.335 e. The van der Waals surface area contributed by atoms with E-state index in [2.05, 4.69) is 21.7 Å². The first-order valence-electron chi connectivity index (χ1n) is 7.35. The highest BCUT2D eigenvalue weighted by Crippen LogP contribution is 2.34. The molecule has 1 aromatic carbocycles. The molecule has 1 aromatic heterocycles. The third-order valence-electron chi connectivity index (χ3n) is 4.30. The summed E-state index contributed by atoms with van der Waals surface area (Å²) in [4.78, 5) is 13.3. The molecular formula is C17H19NO3S. The third-order valence-corrected chi connectivity index (χ3v) is 5.00. The van der Waals surface area contributed by atoms with Crippen molar-refractivity contribution in [3.63, 3.8) is 0 Å². The number of carboxylic acid groups (broad SMARTS) is 1. The highest BCUT2D eigenvalue weighted by atomic mass is 32.1. The van der Waals surface area contributed by atoms with E-state index in [1.165, 1.54) is 5.56 Å². The molecule has 0 spiro atoms. The van der Waals surface area contributed by atoms with E-state index in [9.17, 15) is 9.90 Å². The molecule has 4 nitrogen and oxygen atoms in total. The predicted molar refractivity (Wildman–Crippen MR) is 86.3 cm³/mol. The molecule has 3 rings (SSSR count). The number of carboxylic acids is 1. The molecular weight excluding hydrogens is 298 g/mol. The van der Waals surface area contributed by atoms with E-state index in [-0.39, 0.29) is 12.5 Å². The standard InChI is InChI=1S/C17H19NO3S/c19-10-15-8-18(9-16(15)14-4-5-22-11-14)7-12-2-1-3-13(6-12)17(20)21/h1-6,11,15-16,19H,7-10H2,(H,20,21)/t15-,16-/m0/s1. The van der Waals surface area contributed by atoms with Gasteiger partial charge >= 0.3 is 5.97 Å². The quantitative estimate of drug-likeness (QED) is 0.890. The van der Waals surface area contributed by atoms with Crippen LogP contribution >= 0.6 is 11.3 Å². The van der Waals surface area contributed by atoms with Gasteiger partial charge in [0.2, 0.25) is 0 Å². The molecule has 5 heteroatoms. The van der Waals surface area contributed by atoms with Crippen LogP contribution in [-0.4, -0.2) is 40.8 Å². The minimum atomic E-state index is -0.896. The fourth-order valence-corrected chi connectivity index (χ4v) is 3.92. The van der Waals surface area contributed by atoms with Gasteiger partial charge in [-0.05, 0) is 40.1 Å². The highest BCUT2D eigenvalue weighted by Gasteiger charge is 2.33. The topological polar surface area (TPSA) is 60.8 Å². The lowest BCUT2D eigenvalue weighted by molar-refractivity contribution is 0.0696. The average Bonchev–Trinajstić information content (AvgIpc) is 3.16. The molecule has 0 amide bonds. The molecule has 2 aromatic rings. The lowest BCUT2D eigenvalue weighted by Gasteiger charge is -2.16. The van der Waals surface area contributed by atoms with Crippen molar-refractivity contribution in [1.29, 1.82) is 0 Å². The van der Waals surface area contributed by atoms with E-state index in [4.69, 9.17) is 5.11 Å². The van der Waals surface area contributed by atoms with Crippen LogP contribution in [0.2, 0.25) is 0 Å². The van der Waals surface area contributed by atoms with Gasteiger partial charge in [0, 0.05) is 38.1 Å². The van der Waals surface area contributed by atoms with Gasteiger partial charge in [0.05, 0.1) is 5.56 Å². The van der Waals surface area contributed by atoms with Gasteiger partial charge < -0.3 is 10.2 Å². The van der Waals surface area contributed by atoms with Gasteiger partial charge in [-0.3, -0.25) is 4.90 Å². The average molecular weight is 317 g/mol. The number of hydrogen-bond acceptors (Lipinski definition) is 4. The van der Waals surface area contributed by atoms with Crippen molar-refractivity contribution in [3.05, 3.63) is 57.8 Å². The zero-order chi connectivity index (χ0) is 15.5. The van der Waals surface area contributed by atoms with Crippen molar-refractivity contribution in [2.45, 2.75) is 12.5 Å². The first-order chi connectivity index (χ1) is 10.7. The van der Waals surface area contributed by atoms with E-state index in [0.29, 0.717) is 11.5 Å². The number of rotatable bonds is 5. The van der Waals surface area contributed by atoms with Crippen molar-refractivity contribution >= 4 is 17.3 Å². The summed E-state index contributed by atoms with van der Waals surface area (Å²) in [5.41, 5.74) is 2.62. The number of aliphatic hydroxyl groups is 1. The second kappa shape index (κ2) is 6.60. The number of hydrogen-bond donors (Lipinski definition) is 2. The SMILES string of the molecule is O=C(O)c1cccc(CN2C[C@@H](CO)[C@H](c3ccsc3)C2)c1. The van der Waals surface area contributed by atoms with Gasteiger partial charge in [-0.15, -0.1) is 0 Å². The van der Waals surface area contributed by atoms with Crippen molar-refractivity contribution in [2.75, 3.05) is 19.7 Å². The maximum atomic E-state index is 11.1. The monoisotopic (exact) mass is 317 g/mol. The lowest BCUT2D eigenvalue weighted by Crippen LogP contribution is -2.21. The minimum Gasteiger partial charge on any atom is -0.478 e. The number of nitrogens with zero attached hydrogens (tertiary/aromatic N) is 1. The maximum absolute atomic E-state index is 11.1. The Morgan fingerprint density at radius 2 is 2.18 bits per heavy atom. The third kappa shape index (κ3) is 3.21. The largest absolute Gasteiger partial charge is 0.478 e. The van der Waals surface area contributed by atoms with Crippen LogP contribution in [0.1, 0.15) is 27.4 Å². The van der Waals surface area contributed by atoms with Crippen molar-refractivity contribution in [3.8, 4) is 0 Å². The van der Waals surface area contributed by atoms with Crippen LogP contribution in [0.4, 0.5) is 0 Å².